The van der Waals surface area contributed by atoms with Crippen molar-refractivity contribution in [3.63, 3.8) is 0 Å². The van der Waals surface area contributed by atoms with Gasteiger partial charge in [-0.05, 0) is 18.8 Å². The molecule has 0 atom stereocenters. The number of halogens is 3. The number of hydrogen-bond acceptors (Lipinski definition) is 3. The van der Waals surface area contributed by atoms with Crippen molar-refractivity contribution >= 4 is 34.8 Å². The van der Waals surface area contributed by atoms with E-state index in [1.165, 1.54) is 0 Å². The Morgan fingerprint density at radius 3 is 2.05 bits per heavy atom. The molecule has 0 saturated carbocycles. The first-order chi connectivity index (χ1) is 9.43. The second kappa shape index (κ2) is 7.60. The van der Waals surface area contributed by atoms with Crippen molar-refractivity contribution in [3.05, 3.63) is 26.2 Å². The maximum atomic E-state index is 9.07. The molecule has 0 fully saturated rings. The molecule has 1 rings (SSSR count). The molecule has 0 spiro atoms. The smallest absolute Gasteiger partial charge is 0.159 e. The minimum atomic E-state index is -0.0290. The first kappa shape index (κ1) is 16.9. The zero-order valence-electron chi connectivity index (χ0n) is 11.1. The summed E-state index contributed by atoms with van der Waals surface area (Å²) in [5, 5.41) is 18.2. The van der Waals surface area contributed by atoms with Crippen molar-refractivity contribution in [1.29, 1.82) is 10.5 Å². The van der Waals surface area contributed by atoms with Crippen molar-refractivity contribution in [3.8, 4) is 17.9 Å². The molecule has 20 heavy (non-hydrogen) atoms. The van der Waals surface area contributed by atoms with Crippen LogP contribution in [0.4, 0.5) is 0 Å². The Labute approximate surface area is 133 Å². The topological polar surface area (TPSA) is 56.8 Å². The van der Waals surface area contributed by atoms with Gasteiger partial charge in [-0.2, -0.15) is 10.5 Å². The molecule has 1 aromatic carbocycles. The summed E-state index contributed by atoms with van der Waals surface area (Å²) in [4.78, 5) is 0. The van der Waals surface area contributed by atoms with Gasteiger partial charge in [-0.15, -0.1) is 0 Å². The zero-order chi connectivity index (χ0) is 15.3. The highest BCUT2D eigenvalue weighted by molar-refractivity contribution is 6.46. The second-order valence-electron chi connectivity index (χ2n) is 4.63. The highest BCUT2D eigenvalue weighted by Crippen LogP contribution is 2.43. The summed E-state index contributed by atoms with van der Waals surface area (Å²) < 4.78 is 5.53. The highest BCUT2D eigenvalue weighted by atomic mass is 35.5. The van der Waals surface area contributed by atoms with E-state index in [4.69, 9.17) is 50.1 Å². The predicted molar refractivity (Wildman–Crippen MR) is 80.5 cm³/mol. The van der Waals surface area contributed by atoms with E-state index in [0.29, 0.717) is 12.5 Å². The fourth-order valence-electron chi connectivity index (χ4n) is 1.64. The average Bonchev–Trinajstić information content (AvgIpc) is 2.41. The SMILES string of the molecule is CC(C)CCCOc1c(Cl)c(Cl)c(C#N)c(C#N)c1Cl. The number of rotatable bonds is 5. The molecule has 0 radical (unpaired) electrons. The molecule has 0 aliphatic rings. The number of nitriles is 2. The highest BCUT2D eigenvalue weighted by Gasteiger charge is 2.22. The third-order valence-electron chi connectivity index (χ3n) is 2.68. The van der Waals surface area contributed by atoms with E-state index in [-0.39, 0.29) is 31.9 Å². The van der Waals surface area contributed by atoms with E-state index in [1.807, 2.05) is 12.1 Å². The Morgan fingerprint density at radius 2 is 1.55 bits per heavy atom. The number of nitrogens with zero attached hydrogens (tertiary/aromatic N) is 2. The summed E-state index contributed by atoms with van der Waals surface area (Å²) in [6, 6.07) is 3.68. The third kappa shape index (κ3) is 3.70. The first-order valence-electron chi connectivity index (χ1n) is 6.07. The maximum Gasteiger partial charge on any atom is 0.159 e. The summed E-state index contributed by atoms with van der Waals surface area (Å²) in [5.74, 6) is 0.737. The predicted octanol–water partition coefficient (Wildman–Crippen LogP) is 5.21. The lowest BCUT2D eigenvalue weighted by Crippen LogP contribution is -2.02. The van der Waals surface area contributed by atoms with Gasteiger partial charge in [-0.25, -0.2) is 0 Å². The Bertz CT molecular complexity index is 586. The molecular formula is C14H13Cl3N2O. The zero-order valence-corrected chi connectivity index (χ0v) is 13.4. The molecule has 0 aliphatic heterocycles. The van der Waals surface area contributed by atoms with Gasteiger partial charge in [0.05, 0.1) is 22.8 Å². The van der Waals surface area contributed by atoms with Crippen LogP contribution in [0, 0.1) is 28.6 Å². The van der Waals surface area contributed by atoms with E-state index in [0.717, 1.165) is 12.8 Å². The van der Waals surface area contributed by atoms with Gasteiger partial charge in [0.15, 0.2) is 5.75 Å². The van der Waals surface area contributed by atoms with Gasteiger partial charge in [-0.3, -0.25) is 0 Å². The maximum absolute atomic E-state index is 9.07. The van der Waals surface area contributed by atoms with Crippen molar-refractivity contribution in [2.24, 2.45) is 5.92 Å². The van der Waals surface area contributed by atoms with Crippen LogP contribution >= 0.6 is 34.8 Å². The van der Waals surface area contributed by atoms with E-state index < -0.39 is 0 Å². The van der Waals surface area contributed by atoms with E-state index in [1.54, 1.807) is 0 Å². The quantitative estimate of drug-likeness (QED) is 0.550. The van der Waals surface area contributed by atoms with Crippen molar-refractivity contribution in [2.75, 3.05) is 6.61 Å². The molecule has 0 amide bonds. The number of benzene rings is 1. The van der Waals surface area contributed by atoms with Crippen LogP contribution in [0.2, 0.25) is 15.1 Å². The summed E-state index contributed by atoms with van der Waals surface area (Å²) in [6.07, 6.45) is 1.84. The van der Waals surface area contributed by atoms with E-state index in [9.17, 15) is 0 Å². The van der Waals surface area contributed by atoms with Crippen LogP contribution in [0.1, 0.15) is 37.8 Å². The lowest BCUT2D eigenvalue weighted by molar-refractivity contribution is 0.298. The minimum absolute atomic E-state index is 0.00558. The van der Waals surface area contributed by atoms with Gasteiger partial charge in [0, 0.05) is 0 Å². The summed E-state index contributed by atoms with van der Waals surface area (Å²) >= 11 is 18.1. The molecule has 0 heterocycles. The van der Waals surface area contributed by atoms with E-state index in [2.05, 4.69) is 13.8 Å². The summed E-state index contributed by atoms with van der Waals surface area (Å²) in [7, 11) is 0. The Balaban J connectivity index is 3.07. The van der Waals surface area contributed by atoms with Crippen LogP contribution in [0.5, 0.6) is 5.75 Å². The van der Waals surface area contributed by atoms with Crippen LogP contribution in [0.25, 0.3) is 0 Å². The Kier molecular flexibility index (Phi) is 6.43. The molecule has 0 unspecified atom stereocenters. The van der Waals surface area contributed by atoms with Gasteiger partial charge >= 0.3 is 0 Å². The number of ether oxygens (including phenoxy) is 1. The molecule has 3 nitrogen and oxygen atoms in total. The molecule has 0 N–H and O–H groups in total. The average molecular weight is 332 g/mol. The van der Waals surface area contributed by atoms with Crippen molar-refractivity contribution in [2.45, 2.75) is 26.7 Å². The van der Waals surface area contributed by atoms with Crippen LogP contribution in [0.15, 0.2) is 0 Å². The molecule has 0 aliphatic carbocycles. The fraction of sp³-hybridized carbons (Fsp3) is 0.429. The van der Waals surface area contributed by atoms with Gasteiger partial charge in [-0.1, -0.05) is 48.7 Å². The van der Waals surface area contributed by atoms with Crippen LogP contribution in [-0.4, -0.2) is 6.61 Å². The summed E-state index contributed by atoms with van der Waals surface area (Å²) in [5.41, 5.74) is -0.0406. The van der Waals surface area contributed by atoms with Crippen LogP contribution in [-0.2, 0) is 0 Å². The summed E-state index contributed by atoms with van der Waals surface area (Å²) in [6.45, 7) is 4.66. The van der Waals surface area contributed by atoms with Gasteiger partial charge in [0.2, 0.25) is 0 Å². The Hall–Kier alpha value is -1.13. The van der Waals surface area contributed by atoms with Crippen molar-refractivity contribution < 1.29 is 4.74 Å². The van der Waals surface area contributed by atoms with Crippen LogP contribution < -0.4 is 4.74 Å². The molecular weight excluding hydrogens is 319 g/mol. The van der Waals surface area contributed by atoms with Crippen LogP contribution in [0.3, 0.4) is 0 Å². The van der Waals surface area contributed by atoms with Gasteiger partial charge < -0.3 is 4.74 Å². The number of hydrogen-bond donors (Lipinski definition) is 0. The monoisotopic (exact) mass is 330 g/mol. The molecule has 6 heteroatoms. The van der Waals surface area contributed by atoms with E-state index >= 15 is 0 Å². The fourth-order valence-corrected chi connectivity index (χ4v) is 2.44. The standard InChI is InChI=1S/C14H13Cl3N2O/c1-8(2)4-3-5-20-14-12(16)10(7-19)9(6-18)11(15)13(14)17/h8H,3-5H2,1-2H3. The second-order valence-corrected chi connectivity index (χ2v) is 5.76. The van der Waals surface area contributed by atoms with Gasteiger partial charge in [0.1, 0.15) is 22.2 Å². The minimum Gasteiger partial charge on any atom is -0.490 e. The Morgan fingerprint density at radius 1 is 1.00 bits per heavy atom. The third-order valence-corrected chi connectivity index (χ3v) is 3.87. The molecule has 0 aromatic heterocycles. The first-order valence-corrected chi connectivity index (χ1v) is 7.20. The van der Waals surface area contributed by atoms with Gasteiger partial charge in [0.25, 0.3) is 0 Å². The van der Waals surface area contributed by atoms with Crippen molar-refractivity contribution in [1.82, 2.24) is 0 Å². The molecule has 1 aromatic rings. The largest absolute Gasteiger partial charge is 0.490 e. The molecule has 0 bridgehead atoms. The molecule has 106 valence electrons. The lowest BCUT2D eigenvalue weighted by atomic mass is 10.1. The lowest BCUT2D eigenvalue weighted by Gasteiger charge is -2.13. The molecule has 0 saturated heterocycles. The normalized spacial score (nSPS) is 10.2.